The highest BCUT2D eigenvalue weighted by Gasteiger charge is 2.39. The van der Waals surface area contributed by atoms with E-state index >= 15 is 0 Å². The lowest BCUT2D eigenvalue weighted by atomic mass is 9.91. The van der Waals surface area contributed by atoms with Crippen LogP contribution in [0.5, 0.6) is 0 Å². The number of hydrogen-bond donors (Lipinski definition) is 0. The molecule has 0 N–H and O–H groups in total. The topological polar surface area (TPSA) is 50.6 Å². The highest BCUT2D eigenvalue weighted by Crippen LogP contribution is 2.39. The summed E-state index contributed by atoms with van der Waals surface area (Å²) >= 11 is 0. The number of anilines is 1. The van der Waals surface area contributed by atoms with E-state index in [1.54, 1.807) is 6.34 Å². The number of likely N-dealkylation sites (N-methyl/N-ethyl adjacent to an activating group) is 1. The van der Waals surface area contributed by atoms with Crippen LogP contribution in [0.25, 0.3) is 10.9 Å². The van der Waals surface area contributed by atoms with Gasteiger partial charge in [0.25, 0.3) is 0 Å². The van der Waals surface area contributed by atoms with Crippen LogP contribution in [0.1, 0.15) is 19.0 Å². The summed E-state index contributed by atoms with van der Waals surface area (Å²) in [4.78, 5) is 23.3. The summed E-state index contributed by atoms with van der Waals surface area (Å²) in [6.07, 6.45) is 14.2. The number of aromatic nitrogens is 1. The van der Waals surface area contributed by atoms with Gasteiger partial charge in [-0.15, -0.1) is 0 Å². The number of benzene rings is 1. The van der Waals surface area contributed by atoms with Crippen molar-refractivity contribution in [3.63, 3.8) is 0 Å². The van der Waals surface area contributed by atoms with Gasteiger partial charge in [-0.3, -0.25) is 4.98 Å². The zero-order valence-corrected chi connectivity index (χ0v) is 25.3. The summed E-state index contributed by atoms with van der Waals surface area (Å²) in [5.74, 6) is 0. The van der Waals surface area contributed by atoms with E-state index in [1.165, 1.54) is 17.0 Å². The Morgan fingerprint density at radius 2 is 1.80 bits per heavy atom. The van der Waals surface area contributed by atoms with Crippen LogP contribution >= 0.6 is 0 Å². The van der Waals surface area contributed by atoms with Crippen molar-refractivity contribution < 1.29 is 0 Å². The van der Waals surface area contributed by atoms with E-state index in [2.05, 4.69) is 134 Å². The third-order valence-electron chi connectivity index (χ3n) is 8.01. The normalized spacial score (nSPS) is 22.1. The Hall–Kier alpha value is -3.75. The molecule has 0 bridgehead atoms. The molecule has 0 saturated carbocycles. The zero-order chi connectivity index (χ0) is 28.6. The van der Waals surface area contributed by atoms with Crippen LogP contribution < -0.4 is 9.38 Å². The average molecular weight is 540 g/mol. The Labute approximate surface area is 239 Å². The van der Waals surface area contributed by atoms with E-state index in [1.807, 2.05) is 6.34 Å². The first kappa shape index (κ1) is 27.8. The summed E-state index contributed by atoms with van der Waals surface area (Å²) in [5.41, 5.74) is 9.30. The molecule has 2 aliphatic heterocycles. The predicted molar refractivity (Wildman–Crippen MR) is 170 cm³/mol. The highest BCUT2D eigenvalue weighted by molar-refractivity contribution is 5.96. The van der Waals surface area contributed by atoms with Crippen LogP contribution in [-0.4, -0.2) is 100 Å². The standard InChI is InChI=1S/C32H43N8/c1-23-16-31(37(5)6)27-18-25(10-12-29(27)35-23)40(21-33-20-34-22-40)26-11-13-30-28(19-26)32(38(7)8)17-24(2)39(30)15-9-14-36(3)4/h10-13,16-21,30H,9,14-15,22H2,1-8H3/q+1. The summed E-state index contributed by atoms with van der Waals surface area (Å²) in [6.45, 7) is 6.92. The van der Waals surface area contributed by atoms with Crippen LogP contribution in [0.15, 0.2) is 81.2 Å². The van der Waals surface area contributed by atoms with Gasteiger partial charge in [-0.25, -0.2) is 4.99 Å². The van der Waals surface area contributed by atoms with Gasteiger partial charge in [0.2, 0.25) is 6.34 Å². The number of aryl methyl sites for hydroxylation is 1. The molecular weight excluding hydrogens is 496 g/mol. The zero-order valence-electron chi connectivity index (χ0n) is 25.3. The van der Waals surface area contributed by atoms with Crippen molar-refractivity contribution in [3.05, 3.63) is 76.9 Å². The Kier molecular flexibility index (Phi) is 7.66. The Balaban J connectivity index is 1.62. The lowest BCUT2D eigenvalue weighted by molar-refractivity contribution is 0.281. The number of allylic oxidation sites excluding steroid dienone is 3. The molecule has 2 atom stereocenters. The number of fused-ring (bicyclic) bond motifs is 2. The van der Waals surface area contributed by atoms with Crippen molar-refractivity contribution in [3.8, 4) is 0 Å². The van der Waals surface area contributed by atoms with E-state index in [0.717, 1.165) is 53.2 Å². The third-order valence-corrected chi connectivity index (χ3v) is 8.01. The Bertz CT molecular complexity index is 1470. The first-order valence-corrected chi connectivity index (χ1v) is 14.0. The number of nitrogens with zero attached hydrogens (tertiary/aromatic N) is 8. The van der Waals surface area contributed by atoms with E-state index in [9.17, 15) is 0 Å². The quantitative estimate of drug-likeness (QED) is 0.453. The Morgan fingerprint density at radius 3 is 2.48 bits per heavy atom. The van der Waals surface area contributed by atoms with Crippen molar-refractivity contribution in [2.75, 3.05) is 66.9 Å². The van der Waals surface area contributed by atoms with Gasteiger partial charge in [0.05, 0.1) is 11.6 Å². The van der Waals surface area contributed by atoms with Crippen molar-refractivity contribution >= 4 is 35.0 Å². The van der Waals surface area contributed by atoms with Gasteiger partial charge in [0, 0.05) is 86.7 Å². The minimum Gasteiger partial charge on any atom is -0.377 e. The van der Waals surface area contributed by atoms with Crippen molar-refractivity contribution in [2.24, 2.45) is 9.98 Å². The molecule has 0 radical (unpaired) electrons. The molecule has 0 saturated heterocycles. The minimum absolute atomic E-state index is 0.197. The molecule has 8 nitrogen and oxygen atoms in total. The molecule has 5 rings (SSSR count). The van der Waals surface area contributed by atoms with Crippen LogP contribution in [0.2, 0.25) is 0 Å². The maximum atomic E-state index is 4.82. The predicted octanol–water partition coefficient (Wildman–Crippen LogP) is 4.75. The van der Waals surface area contributed by atoms with Crippen LogP contribution in [0, 0.1) is 6.92 Å². The van der Waals surface area contributed by atoms with Gasteiger partial charge >= 0.3 is 0 Å². The maximum Gasteiger partial charge on any atom is 0.203 e. The molecule has 1 aromatic heterocycles. The fourth-order valence-corrected chi connectivity index (χ4v) is 5.96. The van der Waals surface area contributed by atoms with Gasteiger partial charge in [-0.2, -0.15) is 9.48 Å². The number of hydrogen-bond acceptors (Lipinski definition) is 7. The van der Waals surface area contributed by atoms with Crippen LogP contribution in [0.3, 0.4) is 0 Å². The second-order valence-electron chi connectivity index (χ2n) is 11.7. The summed E-state index contributed by atoms with van der Waals surface area (Å²) in [5, 5.41) is 1.13. The Morgan fingerprint density at radius 1 is 1.00 bits per heavy atom. The van der Waals surface area contributed by atoms with Crippen molar-refractivity contribution in [1.29, 1.82) is 0 Å². The molecule has 210 valence electrons. The fourth-order valence-electron chi connectivity index (χ4n) is 5.96. The van der Waals surface area contributed by atoms with Gasteiger partial charge in [-0.05, 0) is 65.2 Å². The average Bonchev–Trinajstić information content (AvgIpc) is 2.93. The molecular formula is C32H43N8+. The molecule has 2 unspecified atom stereocenters. The lowest BCUT2D eigenvalue weighted by Crippen LogP contribution is -2.49. The maximum absolute atomic E-state index is 4.82. The van der Waals surface area contributed by atoms with E-state index in [0.29, 0.717) is 11.2 Å². The summed E-state index contributed by atoms with van der Waals surface area (Å²) in [6, 6.07) is 8.93. The van der Waals surface area contributed by atoms with Crippen LogP contribution in [-0.2, 0) is 0 Å². The van der Waals surface area contributed by atoms with Gasteiger partial charge in [-0.1, -0.05) is 6.08 Å². The SMILES string of the molecule is CC1=CC(N(C)C)=C2C=C([N+]3(c4ccc5nc(C)cc(N(C)C)c5c4)C=NC=NC3)C=CC2N1CCCN(C)C. The monoisotopic (exact) mass is 539 g/mol. The second-order valence-corrected chi connectivity index (χ2v) is 11.7. The van der Waals surface area contributed by atoms with E-state index in [4.69, 9.17) is 4.98 Å². The molecule has 1 aromatic carbocycles. The second kappa shape index (κ2) is 11.0. The molecule has 0 spiro atoms. The minimum atomic E-state index is 0.197. The van der Waals surface area contributed by atoms with Crippen molar-refractivity contribution in [2.45, 2.75) is 26.3 Å². The smallest absolute Gasteiger partial charge is 0.203 e. The summed E-state index contributed by atoms with van der Waals surface area (Å²) < 4.78 is 0.421. The number of aliphatic imine (C=N–C) groups is 2. The molecule has 0 amide bonds. The highest BCUT2D eigenvalue weighted by atomic mass is 15.4. The molecule has 3 aliphatic rings. The number of pyridine rings is 1. The fraction of sp³-hybridized carbons (Fsp3) is 0.406. The molecule has 2 aromatic rings. The van der Waals surface area contributed by atoms with E-state index < -0.39 is 0 Å². The molecule has 3 heterocycles. The first-order chi connectivity index (χ1) is 19.1. The van der Waals surface area contributed by atoms with Gasteiger partial charge in [0.15, 0.2) is 6.67 Å². The lowest BCUT2D eigenvalue weighted by Gasteiger charge is -2.42. The van der Waals surface area contributed by atoms with E-state index in [-0.39, 0.29) is 6.04 Å². The first-order valence-electron chi connectivity index (χ1n) is 14.0. The third kappa shape index (κ3) is 5.09. The van der Waals surface area contributed by atoms with Gasteiger partial charge < -0.3 is 19.6 Å². The molecule has 1 aliphatic carbocycles. The number of quaternary nitrogens is 1. The van der Waals surface area contributed by atoms with Crippen molar-refractivity contribution in [1.82, 2.24) is 24.2 Å². The molecule has 8 heteroatoms. The molecule has 40 heavy (non-hydrogen) atoms. The summed E-state index contributed by atoms with van der Waals surface area (Å²) in [7, 11) is 12.7. The van der Waals surface area contributed by atoms with Gasteiger partial charge in [0.1, 0.15) is 17.7 Å². The number of rotatable bonds is 8. The molecule has 0 fully saturated rings. The van der Waals surface area contributed by atoms with Crippen LogP contribution in [0.4, 0.5) is 11.4 Å². The largest absolute Gasteiger partial charge is 0.377 e.